The molecule has 22 heavy (non-hydrogen) atoms. The van der Waals surface area contributed by atoms with Gasteiger partial charge in [-0.25, -0.2) is 4.39 Å². The fraction of sp³-hybridized carbons (Fsp3) is 0.278. The van der Waals surface area contributed by atoms with Gasteiger partial charge in [0.2, 0.25) is 5.91 Å². The summed E-state index contributed by atoms with van der Waals surface area (Å²) in [6.07, 6.45) is 0.983. The van der Waals surface area contributed by atoms with E-state index >= 15 is 0 Å². The Balaban J connectivity index is 1.98. The van der Waals surface area contributed by atoms with Crippen LogP contribution in [0, 0.1) is 5.82 Å². The third-order valence-electron chi connectivity index (χ3n) is 3.63. The first-order valence-corrected chi connectivity index (χ1v) is 7.69. The van der Waals surface area contributed by atoms with Crippen LogP contribution in [0.3, 0.4) is 0 Å². The molecule has 0 saturated heterocycles. The first-order chi connectivity index (χ1) is 10.5. The summed E-state index contributed by atoms with van der Waals surface area (Å²) in [6, 6.07) is 12.3. The molecule has 0 spiro atoms. The van der Waals surface area contributed by atoms with E-state index in [4.69, 9.17) is 11.6 Å². The molecular formula is C18H19ClFNO. The second kappa shape index (κ2) is 7.41. The number of aryl methyl sites for hydroxylation is 1. The Morgan fingerprint density at radius 1 is 1.23 bits per heavy atom. The van der Waals surface area contributed by atoms with Crippen LogP contribution in [0.4, 0.5) is 4.39 Å². The third kappa shape index (κ3) is 4.31. The summed E-state index contributed by atoms with van der Waals surface area (Å²) < 4.78 is 13.7. The Labute approximate surface area is 135 Å². The molecule has 2 nitrogen and oxygen atoms in total. The summed E-state index contributed by atoms with van der Waals surface area (Å²) in [5, 5.41) is 3.21. The van der Waals surface area contributed by atoms with Crippen LogP contribution >= 0.6 is 11.6 Å². The quantitative estimate of drug-likeness (QED) is 0.866. The Morgan fingerprint density at radius 2 is 1.91 bits per heavy atom. The van der Waals surface area contributed by atoms with Gasteiger partial charge < -0.3 is 5.32 Å². The molecule has 1 amide bonds. The summed E-state index contributed by atoms with van der Waals surface area (Å²) in [7, 11) is 0. The number of halogens is 2. The highest BCUT2D eigenvalue weighted by Crippen LogP contribution is 2.17. The predicted molar refractivity (Wildman–Crippen MR) is 87.5 cm³/mol. The van der Waals surface area contributed by atoms with Gasteiger partial charge in [0.05, 0.1) is 12.5 Å². The Bertz CT molecular complexity index is 655. The molecule has 0 fully saturated rings. The number of carbonyl (C=O) groups is 1. The number of nitrogens with one attached hydrogen (secondary N) is 1. The van der Waals surface area contributed by atoms with Crippen LogP contribution in [0.1, 0.15) is 36.6 Å². The van der Waals surface area contributed by atoms with Crippen LogP contribution < -0.4 is 5.32 Å². The van der Waals surface area contributed by atoms with Gasteiger partial charge in [-0.05, 0) is 42.2 Å². The van der Waals surface area contributed by atoms with Crippen molar-refractivity contribution in [2.75, 3.05) is 0 Å². The third-order valence-corrected chi connectivity index (χ3v) is 3.87. The van der Waals surface area contributed by atoms with E-state index in [0.717, 1.165) is 12.0 Å². The molecule has 1 N–H and O–H groups in total. The van der Waals surface area contributed by atoms with Crippen LogP contribution in [0.2, 0.25) is 5.02 Å². The fourth-order valence-corrected chi connectivity index (χ4v) is 2.41. The summed E-state index contributed by atoms with van der Waals surface area (Å²) in [4.78, 5) is 12.0. The minimum Gasteiger partial charge on any atom is -0.349 e. The Kier molecular flexibility index (Phi) is 5.56. The fourth-order valence-electron chi connectivity index (χ4n) is 2.26. The number of rotatable bonds is 5. The van der Waals surface area contributed by atoms with Gasteiger partial charge in [-0.3, -0.25) is 4.79 Å². The molecule has 0 aliphatic rings. The first kappa shape index (κ1) is 16.5. The molecule has 0 aliphatic heterocycles. The number of hydrogen-bond acceptors (Lipinski definition) is 1. The van der Waals surface area contributed by atoms with Gasteiger partial charge in [0.15, 0.2) is 0 Å². The van der Waals surface area contributed by atoms with Crippen molar-refractivity contribution in [3.63, 3.8) is 0 Å². The molecule has 1 atom stereocenters. The van der Waals surface area contributed by atoms with Crippen LogP contribution in [0.25, 0.3) is 0 Å². The molecule has 2 aromatic carbocycles. The van der Waals surface area contributed by atoms with Crippen LogP contribution in [0.15, 0.2) is 42.5 Å². The number of amides is 1. The molecule has 2 rings (SSSR count). The number of carbonyl (C=O) groups excluding carboxylic acids is 1. The normalized spacial score (nSPS) is 12.0. The first-order valence-electron chi connectivity index (χ1n) is 7.31. The van der Waals surface area contributed by atoms with Crippen molar-refractivity contribution in [1.29, 1.82) is 0 Å². The van der Waals surface area contributed by atoms with Gasteiger partial charge in [-0.1, -0.05) is 48.9 Å². The lowest BCUT2D eigenvalue weighted by Crippen LogP contribution is -2.28. The molecule has 0 saturated carbocycles. The molecule has 0 aromatic heterocycles. The average molecular weight is 320 g/mol. The smallest absolute Gasteiger partial charge is 0.225 e. The summed E-state index contributed by atoms with van der Waals surface area (Å²) >= 11 is 5.70. The van der Waals surface area contributed by atoms with E-state index in [2.05, 4.69) is 24.4 Å². The van der Waals surface area contributed by atoms with Crippen molar-refractivity contribution in [3.05, 3.63) is 70.0 Å². The van der Waals surface area contributed by atoms with Crippen molar-refractivity contribution >= 4 is 17.5 Å². The van der Waals surface area contributed by atoms with Gasteiger partial charge >= 0.3 is 0 Å². The summed E-state index contributed by atoms with van der Waals surface area (Å²) in [6.45, 7) is 4.01. The van der Waals surface area contributed by atoms with E-state index in [1.54, 1.807) is 6.07 Å². The zero-order chi connectivity index (χ0) is 16.1. The van der Waals surface area contributed by atoms with Gasteiger partial charge in [-0.15, -0.1) is 0 Å². The Hall–Kier alpha value is -1.87. The molecule has 0 radical (unpaired) electrons. The van der Waals surface area contributed by atoms with Crippen molar-refractivity contribution in [2.24, 2.45) is 0 Å². The van der Waals surface area contributed by atoms with Gasteiger partial charge in [0.25, 0.3) is 0 Å². The van der Waals surface area contributed by atoms with E-state index in [-0.39, 0.29) is 18.4 Å². The molecule has 4 heteroatoms. The SMILES string of the molecule is CCc1ccc([C@@H](C)NC(=O)Cc2ccc(Cl)cc2F)cc1. The Morgan fingerprint density at radius 3 is 2.50 bits per heavy atom. The minimum atomic E-state index is -0.456. The number of hydrogen-bond donors (Lipinski definition) is 1. The van der Waals surface area contributed by atoms with Gasteiger partial charge in [0.1, 0.15) is 5.82 Å². The highest BCUT2D eigenvalue weighted by Gasteiger charge is 2.12. The highest BCUT2D eigenvalue weighted by molar-refractivity contribution is 6.30. The van der Waals surface area contributed by atoms with Crippen molar-refractivity contribution in [2.45, 2.75) is 32.7 Å². The zero-order valence-corrected chi connectivity index (χ0v) is 13.5. The van der Waals surface area contributed by atoms with Crippen LogP contribution in [-0.4, -0.2) is 5.91 Å². The predicted octanol–water partition coefficient (Wildman–Crippen LogP) is 4.46. The lowest BCUT2D eigenvalue weighted by molar-refractivity contribution is -0.121. The lowest BCUT2D eigenvalue weighted by atomic mass is 10.0. The van der Waals surface area contributed by atoms with Gasteiger partial charge in [-0.2, -0.15) is 0 Å². The average Bonchev–Trinajstić information content (AvgIpc) is 2.50. The zero-order valence-electron chi connectivity index (χ0n) is 12.7. The molecule has 0 unspecified atom stereocenters. The largest absolute Gasteiger partial charge is 0.349 e. The summed E-state index contributed by atoms with van der Waals surface area (Å²) in [5.74, 6) is -0.670. The molecule has 0 aliphatic carbocycles. The van der Waals surface area contributed by atoms with Crippen molar-refractivity contribution in [1.82, 2.24) is 5.32 Å². The lowest BCUT2D eigenvalue weighted by Gasteiger charge is -2.15. The van der Waals surface area contributed by atoms with E-state index in [1.165, 1.54) is 17.7 Å². The van der Waals surface area contributed by atoms with Crippen molar-refractivity contribution < 1.29 is 9.18 Å². The molecule has 116 valence electrons. The maximum absolute atomic E-state index is 13.7. The molecule has 0 bridgehead atoms. The maximum Gasteiger partial charge on any atom is 0.225 e. The topological polar surface area (TPSA) is 29.1 Å². The monoisotopic (exact) mass is 319 g/mol. The highest BCUT2D eigenvalue weighted by atomic mass is 35.5. The van der Waals surface area contributed by atoms with E-state index in [9.17, 15) is 9.18 Å². The molecule has 0 heterocycles. The second-order valence-electron chi connectivity index (χ2n) is 5.30. The van der Waals surface area contributed by atoms with E-state index in [0.29, 0.717) is 10.6 Å². The van der Waals surface area contributed by atoms with Crippen LogP contribution in [-0.2, 0) is 17.6 Å². The second-order valence-corrected chi connectivity index (χ2v) is 5.73. The maximum atomic E-state index is 13.7. The standard InChI is InChI=1S/C18H19ClFNO/c1-3-13-4-6-14(7-5-13)12(2)21-18(22)10-15-8-9-16(19)11-17(15)20/h4-9,11-12H,3,10H2,1-2H3,(H,21,22)/t12-/m1/s1. The van der Waals surface area contributed by atoms with Crippen LogP contribution in [0.5, 0.6) is 0 Å². The number of benzene rings is 2. The summed E-state index contributed by atoms with van der Waals surface area (Å²) in [5.41, 5.74) is 2.63. The minimum absolute atomic E-state index is 0.000383. The van der Waals surface area contributed by atoms with E-state index < -0.39 is 5.82 Å². The molecular weight excluding hydrogens is 301 g/mol. The molecule has 2 aromatic rings. The van der Waals surface area contributed by atoms with Crippen molar-refractivity contribution in [3.8, 4) is 0 Å². The van der Waals surface area contributed by atoms with Gasteiger partial charge in [0, 0.05) is 5.02 Å². The van der Waals surface area contributed by atoms with E-state index in [1.807, 2.05) is 19.1 Å².